The fourth-order valence-corrected chi connectivity index (χ4v) is 2.41. The molecule has 0 radical (unpaired) electrons. The molecule has 0 bridgehead atoms. The molecular formula is C18H13BrN2O5. The van der Waals surface area contributed by atoms with Gasteiger partial charge in [-0.15, -0.1) is 0 Å². The summed E-state index contributed by atoms with van der Waals surface area (Å²) < 4.78 is 6.58. The first-order valence-electron chi connectivity index (χ1n) is 7.38. The molecule has 0 spiro atoms. The van der Waals surface area contributed by atoms with Gasteiger partial charge in [-0.1, -0.05) is 28.1 Å². The Kier molecular flexibility index (Phi) is 4.94. The van der Waals surface area contributed by atoms with E-state index in [1.807, 2.05) is 24.3 Å². The number of hydrazone groups is 1. The Hall–Kier alpha value is -3.26. The fourth-order valence-electron chi connectivity index (χ4n) is 2.15. The molecule has 26 heavy (non-hydrogen) atoms. The number of hydrogen-bond donors (Lipinski definition) is 4. The van der Waals surface area contributed by atoms with Gasteiger partial charge in [0.1, 0.15) is 11.5 Å². The van der Waals surface area contributed by atoms with Crippen molar-refractivity contribution >= 4 is 28.1 Å². The first-order chi connectivity index (χ1) is 12.4. The standard InChI is InChI=1S/C18H13BrN2O5/c19-12-3-1-10(2-4-12)16-6-5-13(26-16)9-20-21-18(25)11-7-14(22)17(24)15(23)8-11/h1-9,22-24H,(H,21,25)/b20-9+. The summed E-state index contributed by atoms with van der Waals surface area (Å²) in [5.74, 6) is -1.50. The van der Waals surface area contributed by atoms with E-state index in [-0.39, 0.29) is 5.56 Å². The van der Waals surface area contributed by atoms with Crippen molar-refractivity contribution in [2.45, 2.75) is 0 Å². The lowest BCUT2D eigenvalue weighted by molar-refractivity contribution is 0.0954. The van der Waals surface area contributed by atoms with Crippen LogP contribution in [0.4, 0.5) is 0 Å². The van der Waals surface area contributed by atoms with Crippen molar-refractivity contribution in [2.24, 2.45) is 5.10 Å². The zero-order chi connectivity index (χ0) is 18.7. The number of furan rings is 1. The van der Waals surface area contributed by atoms with Crippen LogP contribution >= 0.6 is 15.9 Å². The molecule has 0 aliphatic rings. The van der Waals surface area contributed by atoms with Crippen LogP contribution in [-0.2, 0) is 0 Å². The molecule has 0 atom stereocenters. The van der Waals surface area contributed by atoms with Gasteiger partial charge in [0, 0.05) is 15.6 Å². The Bertz CT molecular complexity index is 956. The third-order valence-corrected chi connectivity index (χ3v) is 3.97. The molecule has 0 saturated carbocycles. The predicted octanol–water partition coefficient (Wildman–Crippen LogP) is 3.59. The van der Waals surface area contributed by atoms with E-state index in [4.69, 9.17) is 4.42 Å². The monoisotopic (exact) mass is 416 g/mol. The summed E-state index contributed by atoms with van der Waals surface area (Å²) in [5, 5.41) is 31.9. The molecule has 0 saturated heterocycles. The predicted molar refractivity (Wildman–Crippen MR) is 98.3 cm³/mol. The summed E-state index contributed by atoms with van der Waals surface area (Å²) >= 11 is 3.37. The second kappa shape index (κ2) is 7.32. The van der Waals surface area contributed by atoms with Crippen LogP contribution in [0.5, 0.6) is 17.2 Å². The molecule has 0 aliphatic heterocycles. The van der Waals surface area contributed by atoms with Crippen molar-refractivity contribution < 1.29 is 24.5 Å². The number of phenols is 3. The molecule has 4 N–H and O–H groups in total. The van der Waals surface area contributed by atoms with Crippen molar-refractivity contribution in [3.63, 3.8) is 0 Å². The van der Waals surface area contributed by atoms with Gasteiger partial charge in [-0.3, -0.25) is 4.79 Å². The van der Waals surface area contributed by atoms with Gasteiger partial charge in [-0.05, 0) is 36.4 Å². The highest BCUT2D eigenvalue weighted by Gasteiger charge is 2.13. The summed E-state index contributed by atoms with van der Waals surface area (Å²) in [6, 6.07) is 13.1. The van der Waals surface area contributed by atoms with Crippen LogP contribution in [0.25, 0.3) is 11.3 Å². The quantitative estimate of drug-likeness (QED) is 0.294. The van der Waals surface area contributed by atoms with E-state index in [0.29, 0.717) is 11.5 Å². The van der Waals surface area contributed by atoms with E-state index in [1.54, 1.807) is 12.1 Å². The molecule has 0 unspecified atom stereocenters. The molecule has 7 nitrogen and oxygen atoms in total. The highest BCUT2D eigenvalue weighted by atomic mass is 79.9. The number of nitrogens with zero attached hydrogens (tertiary/aromatic N) is 1. The maximum Gasteiger partial charge on any atom is 0.271 e. The maximum atomic E-state index is 11.9. The van der Waals surface area contributed by atoms with E-state index in [2.05, 4.69) is 26.5 Å². The highest BCUT2D eigenvalue weighted by molar-refractivity contribution is 9.10. The molecule has 1 heterocycles. The molecule has 0 fully saturated rings. The van der Waals surface area contributed by atoms with Crippen LogP contribution in [0.3, 0.4) is 0 Å². The van der Waals surface area contributed by atoms with Crippen LogP contribution in [0.15, 0.2) is 62.5 Å². The maximum absolute atomic E-state index is 11.9. The number of halogens is 1. The van der Waals surface area contributed by atoms with Gasteiger partial charge in [0.2, 0.25) is 0 Å². The van der Waals surface area contributed by atoms with Crippen LogP contribution in [0.1, 0.15) is 16.1 Å². The van der Waals surface area contributed by atoms with E-state index >= 15 is 0 Å². The zero-order valence-corrected chi connectivity index (χ0v) is 14.8. The smallest absolute Gasteiger partial charge is 0.271 e. The van der Waals surface area contributed by atoms with Crippen LogP contribution in [0.2, 0.25) is 0 Å². The molecule has 132 valence electrons. The molecule has 2 aromatic carbocycles. The highest BCUT2D eigenvalue weighted by Crippen LogP contribution is 2.35. The average Bonchev–Trinajstić information content (AvgIpc) is 3.08. The number of nitrogens with one attached hydrogen (secondary N) is 1. The molecule has 1 amide bonds. The fraction of sp³-hybridized carbons (Fsp3) is 0. The van der Waals surface area contributed by atoms with E-state index in [1.165, 1.54) is 6.21 Å². The molecular weight excluding hydrogens is 404 g/mol. The number of carbonyl (C=O) groups excluding carboxylic acids is 1. The van der Waals surface area contributed by atoms with Crippen molar-refractivity contribution in [2.75, 3.05) is 0 Å². The van der Waals surface area contributed by atoms with Gasteiger partial charge in [-0.25, -0.2) is 5.43 Å². The van der Waals surface area contributed by atoms with Gasteiger partial charge < -0.3 is 19.7 Å². The number of hydrogen-bond acceptors (Lipinski definition) is 6. The van der Waals surface area contributed by atoms with Gasteiger partial charge in [0.05, 0.1) is 6.21 Å². The molecule has 3 rings (SSSR count). The van der Waals surface area contributed by atoms with E-state index in [9.17, 15) is 20.1 Å². The Morgan fingerprint density at radius 3 is 2.35 bits per heavy atom. The Morgan fingerprint density at radius 1 is 1.04 bits per heavy atom. The second-order valence-electron chi connectivity index (χ2n) is 5.27. The van der Waals surface area contributed by atoms with Gasteiger partial charge in [0.15, 0.2) is 17.2 Å². The molecule has 8 heteroatoms. The molecule has 3 aromatic rings. The summed E-state index contributed by atoms with van der Waals surface area (Å²) in [7, 11) is 0. The van der Waals surface area contributed by atoms with Gasteiger partial charge >= 0.3 is 0 Å². The van der Waals surface area contributed by atoms with Crippen LogP contribution in [0, 0.1) is 0 Å². The average molecular weight is 417 g/mol. The Balaban J connectivity index is 1.67. The topological polar surface area (TPSA) is 115 Å². The SMILES string of the molecule is O=C(N/N=C/c1ccc(-c2ccc(Br)cc2)o1)c1cc(O)c(O)c(O)c1. The van der Waals surface area contributed by atoms with Crippen LogP contribution < -0.4 is 5.43 Å². The summed E-state index contributed by atoms with van der Waals surface area (Å²) in [5.41, 5.74) is 3.07. The second-order valence-corrected chi connectivity index (χ2v) is 6.19. The minimum absolute atomic E-state index is 0.0649. The summed E-state index contributed by atoms with van der Waals surface area (Å²) in [6.07, 6.45) is 1.32. The lowest BCUT2D eigenvalue weighted by Crippen LogP contribution is -2.17. The third kappa shape index (κ3) is 3.86. The lowest BCUT2D eigenvalue weighted by atomic mass is 10.2. The minimum Gasteiger partial charge on any atom is -0.504 e. The van der Waals surface area contributed by atoms with Crippen molar-refractivity contribution in [1.29, 1.82) is 0 Å². The van der Waals surface area contributed by atoms with Gasteiger partial charge in [0.25, 0.3) is 5.91 Å². The van der Waals surface area contributed by atoms with Crippen molar-refractivity contribution in [3.05, 3.63) is 64.3 Å². The first kappa shape index (κ1) is 17.6. The number of phenolic OH excluding ortho intramolecular Hbond substituents is 3. The normalized spacial score (nSPS) is 11.0. The van der Waals surface area contributed by atoms with E-state index in [0.717, 1.165) is 22.2 Å². The Morgan fingerprint density at radius 2 is 1.69 bits per heavy atom. The van der Waals surface area contributed by atoms with Crippen LogP contribution in [-0.4, -0.2) is 27.4 Å². The number of carbonyl (C=O) groups is 1. The molecule has 1 aromatic heterocycles. The lowest BCUT2D eigenvalue weighted by Gasteiger charge is -2.04. The number of amides is 1. The number of aromatic hydroxyl groups is 3. The largest absolute Gasteiger partial charge is 0.504 e. The Labute approximate surface area is 156 Å². The first-order valence-corrected chi connectivity index (χ1v) is 8.17. The zero-order valence-electron chi connectivity index (χ0n) is 13.2. The minimum atomic E-state index is -0.693. The number of rotatable bonds is 4. The third-order valence-electron chi connectivity index (χ3n) is 3.45. The van der Waals surface area contributed by atoms with E-state index < -0.39 is 23.2 Å². The van der Waals surface area contributed by atoms with Gasteiger partial charge in [-0.2, -0.15) is 5.10 Å². The van der Waals surface area contributed by atoms with Crippen molar-refractivity contribution in [1.82, 2.24) is 5.43 Å². The number of benzene rings is 2. The summed E-state index contributed by atoms with van der Waals surface area (Å²) in [4.78, 5) is 11.9. The summed E-state index contributed by atoms with van der Waals surface area (Å²) in [6.45, 7) is 0. The molecule has 0 aliphatic carbocycles. The van der Waals surface area contributed by atoms with Crippen molar-refractivity contribution in [3.8, 4) is 28.6 Å².